The second kappa shape index (κ2) is 8.06. The molecule has 0 saturated carbocycles. The summed E-state index contributed by atoms with van der Waals surface area (Å²) < 4.78 is 1.76. The van der Waals surface area contributed by atoms with E-state index in [1.165, 1.54) is 11.8 Å². The number of benzene rings is 1. The highest BCUT2D eigenvalue weighted by Gasteiger charge is 2.37. The number of anilines is 1. The number of hydrogen-bond donors (Lipinski definition) is 1. The number of Topliss-reactive ketones (excluding diaryl/α,β-unsaturated/α-hetero) is 1. The van der Waals surface area contributed by atoms with Gasteiger partial charge in [-0.15, -0.1) is 5.10 Å². The molecule has 2 aromatic heterocycles. The highest BCUT2D eigenvalue weighted by Crippen LogP contribution is 2.43. The van der Waals surface area contributed by atoms with Gasteiger partial charge >= 0.3 is 0 Å². The summed E-state index contributed by atoms with van der Waals surface area (Å²) in [6.07, 6.45) is 3.91. The number of thioether (sulfide) groups is 1. The summed E-state index contributed by atoms with van der Waals surface area (Å²) in [5.74, 6) is 1.38. The molecule has 0 radical (unpaired) electrons. The van der Waals surface area contributed by atoms with Gasteiger partial charge in [-0.2, -0.15) is 4.98 Å². The Balaban J connectivity index is 1.55. The van der Waals surface area contributed by atoms with Gasteiger partial charge in [0, 0.05) is 45.2 Å². The Labute approximate surface area is 187 Å². The summed E-state index contributed by atoms with van der Waals surface area (Å²) in [7, 11) is 0. The number of pyridine rings is 1. The van der Waals surface area contributed by atoms with Crippen molar-refractivity contribution in [1.29, 1.82) is 0 Å². The zero-order chi connectivity index (χ0) is 20.7. The number of hydrogen-bond acceptors (Lipinski definition) is 6. The second-order valence-electron chi connectivity index (χ2n) is 7.13. The topological polar surface area (TPSA) is 72.7 Å². The van der Waals surface area contributed by atoms with Crippen molar-refractivity contribution in [3.63, 3.8) is 0 Å². The maximum Gasteiger partial charge on any atom is 0.227 e. The molecule has 3 heterocycles. The fourth-order valence-corrected chi connectivity index (χ4v) is 5.09. The van der Waals surface area contributed by atoms with Crippen LogP contribution in [0.1, 0.15) is 36.6 Å². The molecule has 1 aliphatic heterocycles. The summed E-state index contributed by atoms with van der Waals surface area (Å²) in [4.78, 5) is 21.9. The average molecular weight is 458 g/mol. The van der Waals surface area contributed by atoms with Crippen LogP contribution in [0.15, 0.2) is 59.0 Å². The number of carbonyl (C=O) groups is 1. The third-order valence-corrected chi connectivity index (χ3v) is 6.61. The lowest BCUT2D eigenvalue weighted by atomic mass is 9.85. The molecule has 0 amide bonds. The number of aromatic nitrogens is 4. The van der Waals surface area contributed by atoms with Gasteiger partial charge in [0.15, 0.2) is 5.78 Å². The van der Waals surface area contributed by atoms with Crippen LogP contribution in [-0.2, 0) is 10.5 Å². The van der Waals surface area contributed by atoms with Gasteiger partial charge in [0.1, 0.15) is 6.04 Å². The molecule has 3 aromatic rings. The number of fused-ring (bicyclic) bond motifs is 1. The molecule has 0 fully saturated rings. The van der Waals surface area contributed by atoms with E-state index in [-0.39, 0.29) is 5.78 Å². The number of rotatable bonds is 4. The molecule has 0 spiro atoms. The van der Waals surface area contributed by atoms with Crippen LogP contribution >= 0.6 is 35.0 Å². The molecule has 0 bridgehead atoms. The van der Waals surface area contributed by atoms with Crippen molar-refractivity contribution in [2.75, 3.05) is 5.32 Å². The first kappa shape index (κ1) is 19.6. The molecule has 0 saturated heterocycles. The quantitative estimate of drug-likeness (QED) is 0.536. The van der Waals surface area contributed by atoms with Gasteiger partial charge in [-0.05, 0) is 37.1 Å². The van der Waals surface area contributed by atoms with Gasteiger partial charge in [0.05, 0.1) is 5.69 Å². The van der Waals surface area contributed by atoms with Crippen LogP contribution in [0.2, 0.25) is 10.0 Å². The first-order valence-corrected chi connectivity index (χ1v) is 11.3. The Kier molecular flexibility index (Phi) is 5.26. The fraction of sp³-hybridized carbons (Fsp3) is 0.238. The minimum atomic E-state index is -0.425. The number of carbonyl (C=O) groups excluding carboxylic acids is 1. The Morgan fingerprint density at radius 2 is 2.10 bits per heavy atom. The van der Waals surface area contributed by atoms with E-state index < -0.39 is 6.04 Å². The van der Waals surface area contributed by atoms with E-state index in [1.807, 2.05) is 24.3 Å². The highest BCUT2D eigenvalue weighted by molar-refractivity contribution is 7.98. The van der Waals surface area contributed by atoms with Gasteiger partial charge in [-0.3, -0.25) is 9.78 Å². The number of allylic oxidation sites excluding steroid dienone is 2. The average Bonchev–Trinajstić information content (AvgIpc) is 3.15. The molecule has 1 atom stereocenters. The Bertz CT molecular complexity index is 1160. The summed E-state index contributed by atoms with van der Waals surface area (Å²) in [6, 6.07) is 10.7. The van der Waals surface area contributed by atoms with E-state index in [1.54, 1.807) is 23.0 Å². The van der Waals surface area contributed by atoms with Crippen molar-refractivity contribution in [3.8, 4) is 0 Å². The number of ketones is 1. The van der Waals surface area contributed by atoms with Crippen molar-refractivity contribution < 1.29 is 4.79 Å². The molecule has 5 rings (SSSR count). The van der Waals surface area contributed by atoms with E-state index >= 15 is 0 Å². The standard InChI is InChI=1S/C21H17Cl2N5OS/c22-12-7-8-14(15(23)10-12)19-18-16(5-3-6-17(18)29)25-20-26-21(27-28(19)20)30-11-13-4-1-2-9-24-13/h1-2,4,7-10,19H,3,5-6,11H2,(H,25,26,27)/t19-/m1/s1. The van der Waals surface area contributed by atoms with E-state index in [0.717, 1.165) is 29.8 Å². The normalized spacial score (nSPS) is 18.1. The predicted molar refractivity (Wildman–Crippen MR) is 118 cm³/mol. The highest BCUT2D eigenvalue weighted by atomic mass is 35.5. The SMILES string of the molecule is O=C1CCCC2=C1[C@@H](c1ccc(Cl)cc1Cl)n1nc(SCc3ccccn3)nc1N2. The van der Waals surface area contributed by atoms with Crippen LogP contribution in [0.3, 0.4) is 0 Å². The first-order chi connectivity index (χ1) is 14.6. The fourth-order valence-electron chi connectivity index (χ4n) is 3.83. The van der Waals surface area contributed by atoms with Gasteiger partial charge < -0.3 is 5.32 Å². The molecule has 30 heavy (non-hydrogen) atoms. The minimum Gasteiger partial charge on any atom is -0.328 e. The third-order valence-electron chi connectivity index (χ3n) is 5.18. The Hall–Kier alpha value is -2.35. The van der Waals surface area contributed by atoms with Crippen molar-refractivity contribution in [2.24, 2.45) is 0 Å². The summed E-state index contributed by atoms with van der Waals surface area (Å²) >= 11 is 14.2. The molecular formula is C21H17Cl2N5OS. The van der Waals surface area contributed by atoms with E-state index in [9.17, 15) is 4.79 Å². The van der Waals surface area contributed by atoms with Gasteiger partial charge in [0.2, 0.25) is 11.1 Å². The van der Waals surface area contributed by atoms with Gasteiger partial charge in [0.25, 0.3) is 0 Å². The van der Waals surface area contributed by atoms with Crippen LogP contribution in [0.4, 0.5) is 5.95 Å². The van der Waals surface area contributed by atoms with E-state index in [4.69, 9.17) is 28.3 Å². The zero-order valence-corrected chi connectivity index (χ0v) is 18.1. The number of nitrogens with zero attached hydrogens (tertiary/aromatic N) is 4. The molecule has 0 unspecified atom stereocenters. The lowest BCUT2D eigenvalue weighted by Crippen LogP contribution is -2.31. The monoisotopic (exact) mass is 457 g/mol. The van der Waals surface area contributed by atoms with Crippen molar-refractivity contribution in [3.05, 3.63) is 75.2 Å². The van der Waals surface area contributed by atoms with E-state index in [2.05, 4.69) is 15.3 Å². The molecule has 152 valence electrons. The molecule has 1 aromatic carbocycles. The van der Waals surface area contributed by atoms with Crippen molar-refractivity contribution >= 4 is 46.7 Å². The first-order valence-electron chi connectivity index (χ1n) is 9.57. The van der Waals surface area contributed by atoms with Crippen molar-refractivity contribution in [2.45, 2.75) is 36.2 Å². The minimum absolute atomic E-state index is 0.114. The van der Waals surface area contributed by atoms with Crippen LogP contribution in [0, 0.1) is 0 Å². The van der Waals surface area contributed by atoms with E-state index in [0.29, 0.717) is 38.9 Å². The maximum absolute atomic E-state index is 12.9. The molecule has 1 aliphatic carbocycles. The number of nitrogens with one attached hydrogen (secondary N) is 1. The largest absolute Gasteiger partial charge is 0.328 e. The van der Waals surface area contributed by atoms with Crippen LogP contribution in [0.5, 0.6) is 0 Å². The Morgan fingerprint density at radius 3 is 2.90 bits per heavy atom. The molecular weight excluding hydrogens is 441 g/mol. The summed E-state index contributed by atoms with van der Waals surface area (Å²) in [5, 5.41) is 9.71. The second-order valence-corrected chi connectivity index (χ2v) is 8.92. The molecule has 1 N–H and O–H groups in total. The molecule has 6 nitrogen and oxygen atoms in total. The smallest absolute Gasteiger partial charge is 0.227 e. The lowest BCUT2D eigenvalue weighted by Gasteiger charge is -2.32. The summed E-state index contributed by atoms with van der Waals surface area (Å²) in [6.45, 7) is 0. The number of halogens is 2. The predicted octanol–water partition coefficient (Wildman–Crippen LogP) is 5.29. The van der Waals surface area contributed by atoms with Gasteiger partial charge in [-0.1, -0.05) is 47.1 Å². The molecule has 9 heteroatoms. The van der Waals surface area contributed by atoms with Gasteiger partial charge in [-0.25, -0.2) is 4.68 Å². The Morgan fingerprint density at radius 1 is 1.20 bits per heavy atom. The van der Waals surface area contributed by atoms with Crippen LogP contribution in [0.25, 0.3) is 0 Å². The van der Waals surface area contributed by atoms with Crippen LogP contribution in [-0.4, -0.2) is 25.5 Å². The maximum atomic E-state index is 12.9. The summed E-state index contributed by atoms with van der Waals surface area (Å²) in [5.41, 5.74) is 3.36. The molecule has 2 aliphatic rings. The van der Waals surface area contributed by atoms with Crippen LogP contribution < -0.4 is 5.32 Å². The van der Waals surface area contributed by atoms with Crippen molar-refractivity contribution in [1.82, 2.24) is 19.7 Å². The third kappa shape index (κ3) is 3.62. The zero-order valence-electron chi connectivity index (χ0n) is 15.8. The lowest BCUT2D eigenvalue weighted by molar-refractivity contribution is -0.116.